The molecule has 1 aromatic carbocycles. The number of benzene rings is 1. The van der Waals surface area contributed by atoms with Crippen LogP contribution in [-0.4, -0.2) is 40.9 Å². The van der Waals surface area contributed by atoms with E-state index in [1.54, 1.807) is 25.4 Å². The number of aromatic nitrogens is 1. The lowest BCUT2D eigenvalue weighted by atomic mass is 9.71. The van der Waals surface area contributed by atoms with Crippen molar-refractivity contribution in [1.82, 2.24) is 15.2 Å². The molecule has 33 heavy (non-hydrogen) atoms. The van der Waals surface area contributed by atoms with E-state index < -0.39 is 0 Å². The van der Waals surface area contributed by atoms with Crippen LogP contribution in [0, 0.1) is 5.92 Å². The Morgan fingerprint density at radius 1 is 1.18 bits per heavy atom. The molecule has 1 saturated heterocycles. The molecule has 1 N–H and O–H groups in total. The van der Waals surface area contributed by atoms with Gasteiger partial charge in [0.2, 0.25) is 11.8 Å². The van der Waals surface area contributed by atoms with Crippen LogP contribution in [0.15, 0.2) is 60.9 Å². The van der Waals surface area contributed by atoms with E-state index in [0.29, 0.717) is 25.6 Å². The predicted molar refractivity (Wildman–Crippen MR) is 127 cm³/mol. The molecule has 2 amide bonds. The van der Waals surface area contributed by atoms with Crippen LogP contribution in [-0.2, 0) is 26.3 Å². The smallest absolute Gasteiger partial charge is 0.246 e. The maximum absolute atomic E-state index is 12.7. The molecule has 2 aromatic rings. The van der Waals surface area contributed by atoms with Gasteiger partial charge in [-0.15, -0.1) is 0 Å². The van der Waals surface area contributed by atoms with Crippen LogP contribution in [0.3, 0.4) is 0 Å². The quantitative estimate of drug-likeness (QED) is 0.681. The lowest BCUT2D eigenvalue weighted by molar-refractivity contribution is -0.129. The van der Waals surface area contributed by atoms with Crippen molar-refractivity contribution in [2.45, 2.75) is 57.8 Å². The number of likely N-dealkylation sites (tertiary alicyclic amines) is 1. The van der Waals surface area contributed by atoms with Crippen LogP contribution in [0.5, 0.6) is 0 Å². The van der Waals surface area contributed by atoms with Gasteiger partial charge in [-0.05, 0) is 53.7 Å². The van der Waals surface area contributed by atoms with Crippen LogP contribution >= 0.6 is 0 Å². The van der Waals surface area contributed by atoms with E-state index in [2.05, 4.69) is 42.3 Å². The highest BCUT2D eigenvalue weighted by Crippen LogP contribution is 2.52. The van der Waals surface area contributed by atoms with E-state index in [-0.39, 0.29) is 29.4 Å². The van der Waals surface area contributed by atoms with Crippen molar-refractivity contribution in [1.29, 1.82) is 0 Å². The largest absolute Gasteiger partial charge is 0.370 e. The molecule has 2 atom stereocenters. The minimum absolute atomic E-state index is 0.0671. The molecule has 0 saturated carbocycles. The molecule has 6 nitrogen and oxygen atoms in total. The maximum Gasteiger partial charge on any atom is 0.246 e. The van der Waals surface area contributed by atoms with Crippen molar-refractivity contribution in [2.75, 3.05) is 13.1 Å². The van der Waals surface area contributed by atoms with Crippen LogP contribution in [0.1, 0.15) is 56.3 Å². The molecule has 0 unspecified atom stereocenters. The minimum atomic E-state index is -0.255. The van der Waals surface area contributed by atoms with Crippen LogP contribution < -0.4 is 5.32 Å². The van der Waals surface area contributed by atoms with Crippen molar-refractivity contribution in [3.8, 4) is 0 Å². The average Bonchev–Trinajstić information content (AvgIpc) is 3.05. The minimum Gasteiger partial charge on any atom is -0.370 e. The highest BCUT2D eigenvalue weighted by atomic mass is 16.5. The second kappa shape index (κ2) is 9.87. The average molecular weight is 448 g/mol. The van der Waals surface area contributed by atoms with Gasteiger partial charge in [0.1, 0.15) is 0 Å². The molecule has 4 rings (SSSR count). The van der Waals surface area contributed by atoms with Gasteiger partial charge in [-0.3, -0.25) is 14.6 Å². The Bertz CT molecular complexity index is 1010. The lowest BCUT2D eigenvalue weighted by Gasteiger charge is -2.44. The summed E-state index contributed by atoms with van der Waals surface area (Å²) in [7, 11) is 0. The number of rotatable bonds is 6. The molecule has 2 heterocycles. The van der Waals surface area contributed by atoms with Gasteiger partial charge in [0.25, 0.3) is 0 Å². The first kappa shape index (κ1) is 23.2. The van der Waals surface area contributed by atoms with Crippen LogP contribution in [0.25, 0.3) is 0 Å². The van der Waals surface area contributed by atoms with Crippen molar-refractivity contribution in [3.05, 3.63) is 77.6 Å². The van der Waals surface area contributed by atoms with E-state index >= 15 is 0 Å². The summed E-state index contributed by atoms with van der Waals surface area (Å²) in [5.41, 5.74) is 3.14. The highest BCUT2D eigenvalue weighted by molar-refractivity contribution is 5.87. The van der Waals surface area contributed by atoms with E-state index in [1.165, 1.54) is 5.56 Å². The zero-order valence-corrected chi connectivity index (χ0v) is 19.7. The maximum atomic E-state index is 12.7. The fraction of sp³-hybridized carbons (Fsp3) is 0.444. The third-order valence-electron chi connectivity index (χ3n) is 6.81. The summed E-state index contributed by atoms with van der Waals surface area (Å²) in [5.74, 6) is 0.337. The number of hydrogen-bond donors (Lipinski definition) is 1. The number of amides is 2. The molecule has 1 aliphatic carbocycles. The van der Waals surface area contributed by atoms with E-state index in [0.717, 1.165) is 24.0 Å². The normalized spacial score (nSPS) is 21.5. The zero-order valence-electron chi connectivity index (χ0n) is 19.7. The number of hydrogen-bond acceptors (Lipinski definition) is 4. The number of fused-ring (bicyclic) bond motifs is 2. The molecule has 1 aliphatic heterocycles. The van der Waals surface area contributed by atoms with Gasteiger partial charge in [0.15, 0.2) is 0 Å². The monoisotopic (exact) mass is 447 g/mol. The van der Waals surface area contributed by atoms with Crippen molar-refractivity contribution in [3.63, 3.8) is 0 Å². The van der Waals surface area contributed by atoms with Crippen molar-refractivity contribution < 1.29 is 14.3 Å². The lowest BCUT2D eigenvalue weighted by Crippen LogP contribution is -2.51. The van der Waals surface area contributed by atoms with Crippen molar-refractivity contribution in [2.24, 2.45) is 5.92 Å². The predicted octanol–water partition coefficient (Wildman–Crippen LogP) is 3.93. The van der Waals surface area contributed by atoms with Gasteiger partial charge in [0, 0.05) is 37.8 Å². The summed E-state index contributed by atoms with van der Waals surface area (Å²) < 4.78 is 6.59. The number of piperidine rings is 1. The first-order valence-electron chi connectivity index (χ1n) is 11.7. The molecule has 1 aromatic heterocycles. The summed E-state index contributed by atoms with van der Waals surface area (Å²) in [6, 6.07) is 12.0. The molecule has 1 fully saturated rings. The number of allylic oxidation sites excluding steroid dienone is 1. The molecule has 1 spiro atoms. The fourth-order valence-corrected chi connectivity index (χ4v) is 5.21. The Kier molecular flexibility index (Phi) is 6.94. The Balaban J connectivity index is 1.62. The Morgan fingerprint density at radius 2 is 1.88 bits per heavy atom. The zero-order chi connectivity index (χ0) is 23.4. The van der Waals surface area contributed by atoms with Gasteiger partial charge in [-0.1, -0.05) is 44.2 Å². The summed E-state index contributed by atoms with van der Waals surface area (Å²) >= 11 is 0. The third kappa shape index (κ3) is 4.86. The summed E-state index contributed by atoms with van der Waals surface area (Å²) in [4.78, 5) is 30.9. The van der Waals surface area contributed by atoms with Crippen LogP contribution in [0.4, 0.5) is 0 Å². The Hall–Kier alpha value is -2.99. The first-order chi connectivity index (χ1) is 15.9. The van der Waals surface area contributed by atoms with Gasteiger partial charge in [-0.25, -0.2) is 0 Å². The molecule has 6 heteroatoms. The topological polar surface area (TPSA) is 71.5 Å². The Morgan fingerprint density at radius 3 is 2.55 bits per heavy atom. The number of carbonyl (C=O) groups is 2. The van der Waals surface area contributed by atoms with Gasteiger partial charge < -0.3 is 15.0 Å². The van der Waals surface area contributed by atoms with E-state index in [9.17, 15) is 9.59 Å². The molecule has 174 valence electrons. The number of nitrogens with one attached hydrogen (secondary N) is 1. The van der Waals surface area contributed by atoms with Crippen LogP contribution in [0.2, 0.25) is 0 Å². The van der Waals surface area contributed by atoms with E-state index in [1.807, 2.05) is 29.2 Å². The summed E-state index contributed by atoms with van der Waals surface area (Å²) in [6.07, 6.45) is 8.55. The standard InChI is InChI=1S/C27H33N3O3/c1-19(2)8-9-24(32)30-16-12-27(13-17-30)23-7-5-4-6-22(23)25(29-20(3)31)26(27)33-18-21-10-14-28-15-11-21/h4-11,14-15,19,25-26H,12-13,16-18H2,1-3H3,(H,29,31)/b9-8+/t25-,26+/m0/s1. The SMILES string of the molecule is CC(=O)N[C@H]1c2ccccc2C2(CCN(C(=O)/C=C/C(C)C)CC2)[C@@H]1OCc1ccncc1. The fourth-order valence-electron chi connectivity index (χ4n) is 5.21. The van der Waals surface area contributed by atoms with Gasteiger partial charge >= 0.3 is 0 Å². The second-order valence-electron chi connectivity index (χ2n) is 9.44. The number of nitrogens with zero attached hydrogens (tertiary/aromatic N) is 2. The van der Waals surface area contributed by atoms with Gasteiger partial charge in [-0.2, -0.15) is 0 Å². The third-order valence-corrected chi connectivity index (χ3v) is 6.81. The molecule has 0 radical (unpaired) electrons. The Labute approximate surface area is 196 Å². The second-order valence-corrected chi connectivity index (χ2v) is 9.44. The van der Waals surface area contributed by atoms with Gasteiger partial charge in [0.05, 0.1) is 18.8 Å². The number of carbonyl (C=O) groups excluding carboxylic acids is 2. The first-order valence-corrected chi connectivity index (χ1v) is 11.7. The summed E-state index contributed by atoms with van der Waals surface area (Å²) in [5, 5.41) is 3.15. The summed E-state index contributed by atoms with van der Waals surface area (Å²) in [6.45, 7) is 7.46. The molecule has 0 bridgehead atoms. The molecular weight excluding hydrogens is 414 g/mol. The van der Waals surface area contributed by atoms with E-state index in [4.69, 9.17) is 4.74 Å². The number of ether oxygens (including phenoxy) is 1. The van der Waals surface area contributed by atoms with Crippen molar-refractivity contribution >= 4 is 11.8 Å². The highest BCUT2D eigenvalue weighted by Gasteiger charge is 2.54. The number of pyridine rings is 1. The molecule has 2 aliphatic rings. The molecular formula is C27H33N3O3.